The van der Waals surface area contributed by atoms with Gasteiger partial charge in [0.25, 0.3) is 10.0 Å². The van der Waals surface area contributed by atoms with Crippen LogP contribution in [-0.4, -0.2) is 40.9 Å². The molecule has 184 valence electrons. The van der Waals surface area contributed by atoms with Gasteiger partial charge in [-0.25, -0.2) is 32.2 Å². The molecule has 0 spiro atoms. The van der Waals surface area contributed by atoms with Gasteiger partial charge in [0.1, 0.15) is 11.5 Å². The summed E-state index contributed by atoms with van der Waals surface area (Å²) in [6, 6.07) is 3.31. The molecule has 1 saturated carbocycles. The van der Waals surface area contributed by atoms with E-state index in [0.717, 1.165) is 31.0 Å². The fourth-order valence-electron chi connectivity index (χ4n) is 3.36. The van der Waals surface area contributed by atoms with Gasteiger partial charge in [0.2, 0.25) is 5.88 Å². The van der Waals surface area contributed by atoms with Crippen LogP contribution in [0.2, 0.25) is 5.02 Å². The van der Waals surface area contributed by atoms with Crippen molar-refractivity contribution in [3.63, 3.8) is 0 Å². The number of rotatable bonds is 6. The smallest absolute Gasteiger partial charge is 0.267 e. The fourth-order valence-corrected chi connectivity index (χ4v) is 4.79. The summed E-state index contributed by atoms with van der Waals surface area (Å²) in [5.41, 5.74) is -0.277. The second-order valence-corrected chi connectivity index (χ2v) is 9.92. The van der Waals surface area contributed by atoms with Crippen molar-refractivity contribution in [3.05, 3.63) is 70.9 Å². The van der Waals surface area contributed by atoms with Gasteiger partial charge >= 0.3 is 0 Å². The molecule has 2 N–H and O–H groups in total. The van der Waals surface area contributed by atoms with Gasteiger partial charge in [0.05, 0.1) is 29.6 Å². The van der Waals surface area contributed by atoms with Crippen LogP contribution >= 0.6 is 11.6 Å². The molecule has 0 aliphatic heterocycles. The van der Waals surface area contributed by atoms with Gasteiger partial charge in [-0.05, 0) is 37.0 Å². The average Bonchev–Trinajstić information content (AvgIpc) is 3.53. The number of pyridine rings is 1. The third kappa shape index (κ3) is 4.62. The Kier molecular flexibility index (Phi) is 6.11. The van der Waals surface area contributed by atoms with Gasteiger partial charge in [0.15, 0.2) is 22.2 Å². The highest BCUT2D eigenvalue weighted by Gasteiger charge is 2.25. The molecule has 0 atom stereocenters. The normalized spacial score (nSPS) is 13.2. The molecule has 13 heteroatoms. The van der Waals surface area contributed by atoms with Crippen LogP contribution in [0.25, 0.3) is 5.65 Å². The maximum absolute atomic E-state index is 15.2. The highest BCUT2D eigenvalue weighted by molar-refractivity contribution is 7.92. The summed E-state index contributed by atoms with van der Waals surface area (Å²) in [5.74, 6) is 3.33. The van der Waals surface area contributed by atoms with Gasteiger partial charge in [-0.1, -0.05) is 17.5 Å². The minimum Gasteiger partial charge on any atom is -0.480 e. The Morgan fingerprint density at radius 1 is 1.17 bits per heavy atom. The Labute approximate surface area is 209 Å². The summed E-state index contributed by atoms with van der Waals surface area (Å²) in [5, 5.41) is 3.30. The van der Waals surface area contributed by atoms with Gasteiger partial charge in [-0.3, -0.25) is 9.12 Å². The molecule has 36 heavy (non-hydrogen) atoms. The van der Waals surface area contributed by atoms with Crippen molar-refractivity contribution in [2.24, 2.45) is 0 Å². The van der Waals surface area contributed by atoms with Crippen LogP contribution in [0.3, 0.4) is 0 Å². The van der Waals surface area contributed by atoms with Crippen molar-refractivity contribution in [2.45, 2.75) is 23.8 Å². The van der Waals surface area contributed by atoms with E-state index in [1.807, 2.05) is 0 Å². The number of aromatic nitrogens is 4. The molecule has 0 unspecified atom stereocenters. The number of imidazole rings is 1. The molecule has 4 aromatic rings. The van der Waals surface area contributed by atoms with Gasteiger partial charge in [-0.2, -0.15) is 0 Å². The first-order chi connectivity index (χ1) is 17.3. The largest absolute Gasteiger partial charge is 0.480 e. The number of sulfonamides is 1. The third-order valence-electron chi connectivity index (χ3n) is 5.26. The van der Waals surface area contributed by atoms with Crippen molar-refractivity contribution >= 4 is 38.8 Å². The second kappa shape index (κ2) is 9.25. The van der Waals surface area contributed by atoms with E-state index in [-0.39, 0.29) is 10.9 Å². The number of anilines is 2. The number of hydrogen-bond donors (Lipinski definition) is 2. The van der Waals surface area contributed by atoms with E-state index in [9.17, 15) is 12.8 Å². The first-order valence-electron chi connectivity index (χ1n) is 10.6. The summed E-state index contributed by atoms with van der Waals surface area (Å²) in [6.45, 7) is 0. The predicted octanol–water partition coefficient (Wildman–Crippen LogP) is 3.84. The fraction of sp³-hybridized carbons (Fsp3) is 0.174. The number of halogens is 3. The molecule has 3 heterocycles. The topological polar surface area (TPSA) is 111 Å². The molecule has 3 aromatic heterocycles. The molecule has 0 radical (unpaired) electrons. The second-order valence-electron chi connectivity index (χ2n) is 7.83. The summed E-state index contributed by atoms with van der Waals surface area (Å²) in [7, 11) is -3.17. The first-order valence-corrected chi connectivity index (χ1v) is 12.4. The Hall–Kier alpha value is -3.95. The lowest BCUT2D eigenvalue weighted by Crippen LogP contribution is -2.16. The van der Waals surface area contributed by atoms with Gasteiger partial charge < -0.3 is 10.1 Å². The molecule has 1 aromatic carbocycles. The molecule has 0 amide bonds. The summed E-state index contributed by atoms with van der Waals surface area (Å²) in [6.07, 6.45) is 7.99. The molecule has 1 fully saturated rings. The number of methoxy groups -OCH3 is 1. The van der Waals surface area contributed by atoms with Crippen molar-refractivity contribution in [2.75, 3.05) is 17.1 Å². The number of fused-ring (bicyclic) bond motifs is 1. The summed E-state index contributed by atoms with van der Waals surface area (Å²) < 4.78 is 64.2. The van der Waals surface area contributed by atoms with E-state index in [1.54, 1.807) is 16.8 Å². The monoisotopic (exact) mass is 530 g/mol. The molecular weight excluding hydrogens is 514 g/mol. The van der Waals surface area contributed by atoms with E-state index in [4.69, 9.17) is 16.3 Å². The molecule has 1 aliphatic rings. The number of hydrogen-bond acceptors (Lipinski definition) is 7. The zero-order chi connectivity index (χ0) is 25.4. The van der Waals surface area contributed by atoms with Gasteiger partial charge in [0, 0.05) is 24.6 Å². The number of nitrogens with one attached hydrogen (secondary N) is 2. The Bertz CT molecular complexity index is 1660. The Morgan fingerprint density at radius 2 is 1.97 bits per heavy atom. The minimum absolute atomic E-state index is 0.0279. The molecule has 9 nitrogen and oxygen atoms in total. The van der Waals surface area contributed by atoms with Crippen molar-refractivity contribution in [3.8, 4) is 17.7 Å². The van der Waals surface area contributed by atoms with Crippen LogP contribution in [0.1, 0.15) is 24.1 Å². The van der Waals surface area contributed by atoms with Crippen molar-refractivity contribution in [1.82, 2.24) is 19.4 Å². The van der Waals surface area contributed by atoms with Crippen LogP contribution in [0.15, 0.2) is 47.9 Å². The standard InChI is InChI=1S/C23H17ClF2N6O3S/c1-35-23-19(10-13(24)11-29-23)36(33,34)31-18-7-6-17(25)16(20(18)26)5-4-15-12-28-21(30-14-2-3-14)22-27-8-9-32(15)22/h6-12,14,31H,2-3H2,1H3,(H,28,30). The highest BCUT2D eigenvalue weighted by atomic mass is 35.5. The average molecular weight is 531 g/mol. The predicted molar refractivity (Wildman–Crippen MR) is 129 cm³/mol. The quantitative estimate of drug-likeness (QED) is 0.364. The van der Waals surface area contributed by atoms with E-state index in [2.05, 4.69) is 36.8 Å². The van der Waals surface area contributed by atoms with Crippen LogP contribution in [0.4, 0.5) is 20.3 Å². The summed E-state index contributed by atoms with van der Waals surface area (Å²) >= 11 is 5.86. The van der Waals surface area contributed by atoms with Crippen molar-refractivity contribution < 1.29 is 21.9 Å². The molecule has 0 bridgehead atoms. The molecular formula is C23H17ClF2N6O3S. The maximum Gasteiger partial charge on any atom is 0.267 e. The zero-order valence-electron chi connectivity index (χ0n) is 18.6. The summed E-state index contributed by atoms with van der Waals surface area (Å²) in [4.78, 5) is 12.0. The number of benzene rings is 1. The van der Waals surface area contributed by atoms with Crippen molar-refractivity contribution in [1.29, 1.82) is 0 Å². The van der Waals surface area contributed by atoms with E-state index < -0.39 is 37.8 Å². The van der Waals surface area contributed by atoms with Crippen LogP contribution in [-0.2, 0) is 10.0 Å². The molecule has 1 aliphatic carbocycles. The van der Waals surface area contributed by atoms with Crippen LogP contribution < -0.4 is 14.8 Å². The zero-order valence-corrected chi connectivity index (χ0v) is 20.2. The lowest BCUT2D eigenvalue weighted by molar-refractivity contribution is 0.385. The lowest BCUT2D eigenvalue weighted by atomic mass is 10.1. The Balaban J connectivity index is 1.49. The lowest BCUT2D eigenvalue weighted by Gasteiger charge is -2.12. The van der Waals surface area contributed by atoms with E-state index >= 15 is 4.39 Å². The van der Waals surface area contributed by atoms with Crippen LogP contribution in [0.5, 0.6) is 5.88 Å². The third-order valence-corrected chi connectivity index (χ3v) is 6.83. The minimum atomic E-state index is -4.39. The van der Waals surface area contributed by atoms with E-state index in [0.29, 0.717) is 23.2 Å². The number of nitrogens with zero attached hydrogens (tertiary/aromatic N) is 4. The first kappa shape index (κ1) is 23.8. The Morgan fingerprint density at radius 3 is 2.72 bits per heavy atom. The van der Waals surface area contributed by atoms with Gasteiger partial charge in [-0.15, -0.1) is 0 Å². The SMILES string of the molecule is COc1ncc(Cl)cc1S(=O)(=O)Nc1ccc(F)c(C#Cc2cnc(NC3CC3)c3nccn23)c1F. The maximum atomic E-state index is 15.2. The number of ether oxygens (including phenoxy) is 1. The molecule has 0 saturated heterocycles. The van der Waals surface area contributed by atoms with Crippen LogP contribution in [0, 0.1) is 23.5 Å². The molecule has 5 rings (SSSR count). The highest BCUT2D eigenvalue weighted by Crippen LogP contribution is 2.29. The van der Waals surface area contributed by atoms with E-state index in [1.165, 1.54) is 19.5 Å².